The minimum absolute atomic E-state index is 0.0641. The first-order chi connectivity index (χ1) is 18.9. The Hall–Kier alpha value is -3.97. The second-order valence-electron chi connectivity index (χ2n) is 10.1. The van der Waals surface area contributed by atoms with Crippen molar-refractivity contribution in [3.63, 3.8) is 0 Å². The highest BCUT2D eigenvalue weighted by Crippen LogP contribution is 2.48. The number of rotatable bonds is 7. The summed E-state index contributed by atoms with van der Waals surface area (Å²) in [5.41, 5.74) is 4.07. The molecule has 0 radical (unpaired) electrons. The highest BCUT2D eigenvalue weighted by Gasteiger charge is 2.41. The van der Waals surface area contributed by atoms with Crippen LogP contribution in [0, 0.1) is 10.1 Å². The fraction of sp³-hybridized carbons (Fsp3) is 0.290. The molecule has 0 spiro atoms. The number of halogens is 1. The number of carbonyl (C=O) groups is 2. The SMILES string of the molecule is CCCCCC(=O)N1c2ccccc2NC2=C(C(=O)CC(c3ccc(Cl)cc3)C2)C1c1cccc([N+](=O)[O-])c1. The van der Waals surface area contributed by atoms with Crippen molar-refractivity contribution in [3.8, 4) is 0 Å². The minimum Gasteiger partial charge on any atom is -0.357 e. The molecule has 39 heavy (non-hydrogen) atoms. The zero-order valence-electron chi connectivity index (χ0n) is 21.7. The summed E-state index contributed by atoms with van der Waals surface area (Å²) in [6.07, 6.45) is 3.75. The predicted molar refractivity (Wildman–Crippen MR) is 153 cm³/mol. The molecule has 2 atom stereocenters. The van der Waals surface area contributed by atoms with Gasteiger partial charge in [0.1, 0.15) is 0 Å². The molecule has 3 aromatic carbocycles. The number of Topliss-reactive ketones (excluding diaryl/α,β-unsaturated/α-hetero) is 1. The van der Waals surface area contributed by atoms with Crippen LogP contribution in [-0.4, -0.2) is 16.6 Å². The summed E-state index contributed by atoms with van der Waals surface area (Å²) in [7, 11) is 0. The summed E-state index contributed by atoms with van der Waals surface area (Å²) >= 11 is 6.11. The van der Waals surface area contributed by atoms with Gasteiger partial charge < -0.3 is 5.32 Å². The van der Waals surface area contributed by atoms with E-state index in [9.17, 15) is 19.7 Å². The molecular formula is C31H30ClN3O4. The molecule has 0 aromatic heterocycles. The summed E-state index contributed by atoms with van der Waals surface area (Å²) in [4.78, 5) is 40.8. The van der Waals surface area contributed by atoms with Crippen LogP contribution < -0.4 is 10.2 Å². The van der Waals surface area contributed by atoms with Crippen molar-refractivity contribution in [2.75, 3.05) is 10.2 Å². The quantitative estimate of drug-likeness (QED) is 0.187. The van der Waals surface area contributed by atoms with Crippen LogP contribution in [-0.2, 0) is 9.59 Å². The number of nitrogens with zero attached hydrogens (tertiary/aromatic N) is 2. The van der Waals surface area contributed by atoms with E-state index >= 15 is 0 Å². The largest absolute Gasteiger partial charge is 0.357 e. The zero-order chi connectivity index (χ0) is 27.5. The fourth-order valence-electron chi connectivity index (χ4n) is 5.61. The normalized spacial score (nSPS) is 18.6. The second kappa shape index (κ2) is 11.4. The van der Waals surface area contributed by atoms with Gasteiger partial charge in [-0.05, 0) is 54.2 Å². The molecule has 1 heterocycles. The Morgan fingerprint density at radius 3 is 2.54 bits per heavy atom. The molecule has 0 fully saturated rings. The molecular weight excluding hydrogens is 514 g/mol. The first-order valence-electron chi connectivity index (χ1n) is 13.3. The lowest BCUT2D eigenvalue weighted by atomic mass is 9.78. The summed E-state index contributed by atoms with van der Waals surface area (Å²) in [5, 5.41) is 15.8. The van der Waals surface area contributed by atoms with E-state index in [1.807, 2.05) is 48.5 Å². The maximum absolute atomic E-state index is 14.0. The van der Waals surface area contributed by atoms with Gasteiger partial charge in [0.15, 0.2) is 5.78 Å². The Morgan fingerprint density at radius 2 is 1.79 bits per heavy atom. The Bertz CT molecular complexity index is 1450. The van der Waals surface area contributed by atoms with E-state index in [1.165, 1.54) is 12.1 Å². The highest BCUT2D eigenvalue weighted by atomic mass is 35.5. The van der Waals surface area contributed by atoms with Gasteiger partial charge in [-0.25, -0.2) is 0 Å². The second-order valence-corrected chi connectivity index (χ2v) is 10.5. The number of nitrogens with one attached hydrogen (secondary N) is 1. The summed E-state index contributed by atoms with van der Waals surface area (Å²) in [6, 6.07) is 20.5. The lowest BCUT2D eigenvalue weighted by molar-refractivity contribution is -0.384. The van der Waals surface area contributed by atoms with Crippen LogP contribution >= 0.6 is 11.6 Å². The molecule has 1 N–H and O–H groups in total. The van der Waals surface area contributed by atoms with E-state index in [4.69, 9.17) is 11.6 Å². The maximum Gasteiger partial charge on any atom is 0.269 e. The lowest BCUT2D eigenvalue weighted by Crippen LogP contribution is -2.38. The van der Waals surface area contributed by atoms with Crippen LogP contribution in [0.2, 0.25) is 5.02 Å². The van der Waals surface area contributed by atoms with Gasteiger partial charge in [0.05, 0.1) is 22.3 Å². The number of carbonyl (C=O) groups excluding carboxylic acids is 2. The number of nitro groups is 1. The van der Waals surface area contributed by atoms with Gasteiger partial charge in [-0.3, -0.25) is 24.6 Å². The predicted octanol–water partition coefficient (Wildman–Crippen LogP) is 7.73. The van der Waals surface area contributed by atoms with Crippen LogP contribution in [0.5, 0.6) is 0 Å². The molecule has 1 aliphatic heterocycles. The Labute approximate surface area is 232 Å². The van der Waals surface area contributed by atoms with E-state index in [-0.39, 0.29) is 29.7 Å². The smallest absolute Gasteiger partial charge is 0.269 e. The number of hydrogen-bond acceptors (Lipinski definition) is 5. The van der Waals surface area contributed by atoms with Crippen molar-refractivity contribution >= 4 is 40.4 Å². The van der Waals surface area contributed by atoms with Gasteiger partial charge in [0.25, 0.3) is 5.69 Å². The van der Waals surface area contributed by atoms with Crippen molar-refractivity contribution in [2.45, 2.75) is 57.4 Å². The number of unbranched alkanes of at least 4 members (excludes halogenated alkanes) is 2. The number of hydrogen-bond donors (Lipinski definition) is 1. The summed E-state index contributed by atoms with van der Waals surface area (Å²) < 4.78 is 0. The molecule has 3 aromatic rings. The number of fused-ring (bicyclic) bond motifs is 1. The van der Waals surface area contributed by atoms with E-state index in [0.717, 1.165) is 36.2 Å². The van der Waals surface area contributed by atoms with E-state index in [0.29, 0.717) is 34.7 Å². The number of benzene rings is 3. The van der Waals surface area contributed by atoms with E-state index in [2.05, 4.69) is 12.2 Å². The first kappa shape index (κ1) is 26.6. The van der Waals surface area contributed by atoms with Crippen molar-refractivity contribution in [1.29, 1.82) is 0 Å². The van der Waals surface area contributed by atoms with Crippen LogP contribution in [0.4, 0.5) is 17.1 Å². The van der Waals surface area contributed by atoms with Gasteiger partial charge in [-0.2, -0.15) is 0 Å². The van der Waals surface area contributed by atoms with Gasteiger partial charge in [0, 0.05) is 41.3 Å². The number of allylic oxidation sites excluding steroid dienone is 1. The standard InChI is InChI=1S/C31H30ClN3O4/c1-2-3-4-12-29(37)34-27-11-6-5-10-25(27)33-26-18-22(20-13-15-23(32)16-14-20)19-28(36)30(26)31(34)21-8-7-9-24(17-21)35(38)39/h5-11,13-17,22,31,33H,2-4,12,18-19H2,1H3. The molecule has 0 bridgehead atoms. The average Bonchev–Trinajstić information content (AvgIpc) is 3.08. The number of amides is 1. The lowest BCUT2D eigenvalue weighted by Gasteiger charge is -2.35. The fourth-order valence-corrected chi connectivity index (χ4v) is 5.73. The van der Waals surface area contributed by atoms with Crippen molar-refractivity contribution in [2.24, 2.45) is 0 Å². The van der Waals surface area contributed by atoms with Crippen LogP contribution in [0.3, 0.4) is 0 Å². The van der Waals surface area contributed by atoms with Crippen molar-refractivity contribution < 1.29 is 14.5 Å². The van der Waals surface area contributed by atoms with Gasteiger partial charge in [-0.1, -0.05) is 67.8 Å². The van der Waals surface area contributed by atoms with E-state index < -0.39 is 11.0 Å². The topological polar surface area (TPSA) is 92.6 Å². The Kier molecular flexibility index (Phi) is 7.79. The van der Waals surface area contributed by atoms with Gasteiger partial charge in [-0.15, -0.1) is 0 Å². The molecule has 2 unspecified atom stereocenters. The Morgan fingerprint density at radius 1 is 1.03 bits per heavy atom. The number of anilines is 2. The van der Waals surface area contributed by atoms with Crippen molar-refractivity contribution in [3.05, 3.63) is 110 Å². The molecule has 0 saturated heterocycles. The summed E-state index contributed by atoms with van der Waals surface area (Å²) in [5.74, 6) is -0.263. The van der Waals surface area contributed by atoms with Crippen molar-refractivity contribution in [1.82, 2.24) is 0 Å². The zero-order valence-corrected chi connectivity index (χ0v) is 22.5. The first-order valence-corrected chi connectivity index (χ1v) is 13.7. The minimum atomic E-state index is -0.788. The molecule has 1 aliphatic carbocycles. The van der Waals surface area contributed by atoms with Gasteiger partial charge in [0.2, 0.25) is 5.91 Å². The molecule has 8 heteroatoms. The third kappa shape index (κ3) is 5.45. The van der Waals surface area contributed by atoms with E-state index in [1.54, 1.807) is 17.0 Å². The third-order valence-corrected chi connectivity index (χ3v) is 7.74. The number of nitro benzene ring substituents is 1. The maximum atomic E-state index is 14.0. The van der Waals surface area contributed by atoms with Crippen LogP contribution in [0.1, 0.15) is 68.5 Å². The summed E-state index contributed by atoms with van der Waals surface area (Å²) in [6.45, 7) is 2.08. The number of non-ortho nitro benzene ring substituents is 1. The van der Waals surface area contributed by atoms with Gasteiger partial charge >= 0.3 is 0 Å². The molecule has 0 saturated carbocycles. The highest BCUT2D eigenvalue weighted by molar-refractivity contribution is 6.30. The van der Waals surface area contributed by atoms with Crippen LogP contribution in [0.15, 0.2) is 84.1 Å². The molecule has 5 rings (SSSR count). The number of para-hydroxylation sites is 2. The molecule has 200 valence electrons. The van der Waals surface area contributed by atoms with Crippen LogP contribution in [0.25, 0.3) is 0 Å². The number of ketones is 1. The Balaban J connectivity index is 1.68. The monoisotopic (exact) mass is 543 g/mol. The molecule has 1 amide bonds. The molecule has 7 nitrogen and oxygen atoms in total. The average molecular weight is 544 g/mol. The molecule has 2 aliphatic rings. The third-order valence-electron chi connectivity index (χ3n) is 7.49.